The molecule has 2 fully saturated rings. The number of piperidine rings is 1. The van der Waals surface area contributed by atoms with Gasteiger partial charge in [-0.15, -0.1) is 0 Å². The lowest BCUT2D eigenvalue weighted by Gasteiger charge is -2.44. The highest BCUT2D eigenvalue weighted by Crippen LogP contribution is 2.44. The predicted molar refractivity (Wildman–Crippen MR) is 84.2 cm³/mol. The fourth-order valence-electron chi connectivity index (χ4n) is 3.88. The molecule has 0 bridgehead atoms. The lowest BCUT2D eigenvalue weighted by atomic mass is 9.68. The van der Waals surface area contributed by atoms with Gasteiger partial charge < -0.3 is 0 Å². The van der Waals surface area contributed by atoms with Gasteiger partial charge in [-0.3, -0.25) is 4.90 Å². The first kappa shape index (κ1) is 13.6. The van der Waals surface area contributed by atoms with Crippen molar-refractivity contribution < 1.29 is 0 Å². The van der Waals surface area contributed by atoms with Crippen LogP contribution in [0.25, 0.3) is 0 Å². The zero-order chi connectivity index (χ0) is 13.1. The van der Waals surface area contributed by atoms with Gasteiger partial charge in [-0.25, -0.2) is 0 Å². The van der Waals surface area contributed by atoms with Gasteiger partial charge >= 0.3 is 0 Å². The smallest absolute Gasteiger partial charge is 0.0234 e. The molecule has 0 radical (unpaired) electrons. The van der Waals surface area contributed by atoms with Crippen LogP contribution < -0.4 is 0 Å². The highest BCUT2D eigenvalue weighted by Gasteiger charge is 2.35. The predicted octanol–water partition coefficient (Wildman–Crippen LogP) is 5.00. The molecule has 2 aliphatic rings. The maximum absolute atomic E-state index is 3.57. The second kappa shape index (κ2) is 5.97. The van der Waals surface area contributed by atoms with E-state index in [4.69, 9.17) is 0 Å². The van der Waals surface area contributed by atoms with Crippen molar-refractivity contribution >= 4 is 15.9 Å². The number of benzene rings is 1. The van der Waals surface area contributed by atoms with E-state index in [1.807, 2.05) is 0 Å². The molecule has 0 unspecified atom stereocenters. The van der Waals surface area contributed by atoms with Crippen LogP contribution >= 0.6 is 15.9 Å². The Morgan fingerprint density at radius 2 is 1.74 bits per heavy atom. The van der Waals surface area contributed by atoms with Gasteiger partial charge in [0, 0.05) is 11.0 Å². The Hall–Kier alpha value is -0.340. The molecule has 1 aliphatic carbocycles. The third kappa shape index (κ3) is 3.41. The monoisotopic (exact) mass is 321 g/mol. The van der Waals surface area contributed by atoms with E-state index in [1.165, 1.54) is 68.1 Å². The molecule has 1 aliphatic heterocycles. The molecule has 1 aromatic carbocycles. The molecule has 1 aromatic rings. The average Bonchev–Trinajstić information content (AvgIpc) is 2.43. The first-order valence-electron chi connectivity index (χ1n) is 7.73. The molecular formula is C17H24BrN. The molecule has 0 N–H and O–H groups in total. The van der Waals surface area contributed by atoms with E-state index in [2.05, 4.69) is 45.1 Å². The molecule has 0 aromatic heterocycles. The largest absolute Gasteiger partial charge is 0.299 e. The molecule has 1 heterocycles. The van der Waals surface area contributed by atoms with E-state index in [1.54, 1.807) is 0 Å². The van der Waals surface area contributed by atoms with Gasteiger partial charge in [0.05, 0.1) is 0 Å². The molecule has 1 saturated carbocycles. The van der Waals surface area contributed by atoms with Gasteiger partial charge in [-0.05, 0) is 61.9 Å². The number of hydrogen-bond donors (Lipinski definition) is 0. The molecule has 0 atom stereocenters. The number of likely N-dealkylation sites (tertiary alicyclic amines) is 1. The summed E-state index contributed by atoms with van der Waals surface area (Å²) in [5.41, 5.74) is 2.17. The van der Waals surface area contributed by atoms with Crippen molar-refractivity contribution in [3.05, 3.63) is 34.3 Å². The van der Waals surface area contributed by atoms with Crippen LogP contribution in [0.2, 0.25) is 0 Å². The minimum Gasteiger partial charge on any atom is -0.299 e. The van der Waals surface area contributed by atoms with E-state index < -0.39 is 0 Å². The minimum absolute atomic E-state index is 0.728. The lowest BCUT2D eigenvalue weighted by Crippen LogP contribution is -2.40. The fraction of sp³-hybridized carbons (Fsp3) is 0.647. The quantitative estimate of drug-likeness (QED) is 0.741. The third-order valence-electron chi connectivity index (χ3n) is 5.13. The van der Waals surface area contributed by atoms with Crippen LogP contribution in [0.4, 0.5) is 0 Å². The topological polar surface area (TPSA) is 3.24 Å². The molecule has 19 heavy (non-hydrogen) atoms. The summed E-state index contributed by atoms with van der Waals surface area (Å²) in [6.07, 6.45) is 10.3. The zero-order valence-electron chi connectivity index (χ0n) is 11.7. The molecule has 1 saturated heterocycles. The van der Waals surface area contributed by atoms with Crippen molar-refractivity contribution in [2.75, 3.05) is 13.1 Å². The Labute approximate surface area is 125 Å². The van der Waals surface area contributed by atoms with E-state index >= 15 is 0 Å². The summed E-state index contributed by atoms with van der Waals surface area (Å²) in [5.74, 6) is 0. The van der Waals surface area contributed by atoms with E-state index in [9.17, 15) is 0 Å². The Kier molecular flexibility index (Phi) is 4.28. The Morgan fingerprint density at radius 3 is 2.42 bits per heavy atom. The van der Waals surface area contributed by atoms with Crippen LogP contribution in [0.1, 0.15) is 50.5 Å². The summed E-state index contributed by atoms with van der Waals surface area (Å²) in [6.45, 7) is 3.72. The van der Waals surface area contributed by atoms with Gasteiger partial charge in [0.1, 0.15) is 0 Å². The summed E-state index contributed by atoms with van der Waals surface area (Å²) in [4.78, 5) is 2.64. The summed E-state index contributed by atoms with van der Waals surface area (Å²) >= 11 is 3.57. The maximum atomic E-state index is 3.57. The Morgan fingerprint density at radius 1 is 1.00 bits per heavy atom. The van der Waals surface area contributed by atoms with Crippen molar-refractivity contribution in [2.45, 2.75) is 51.5 Å². The fourth-order valence-corrected chi connectivity index (χ4v) is 4.33. The van der Waals surface area contributed by atoms with Crippen molar-refractivity contribution in [3.63, 3.8) is 0 Å². The number of rotatable bonds is 2. The molecule has 0 amide bonds. The van der Waals surface area contributed by atoms with Crippen molar-refractivity contribution in [1.82, 2.24) is 4.90 Å². The standard InChI is InChI=1S/C17H24BrN/c18-16-6-4-5-15(13-16)14-19-11-9-17(10-12-19)7-2-1-3-8-17/h4-6,13H,1-3,7-12,14H2. The second-order valence-electron chi connectivity index (χ2n) is 6.47. The molecule has 104 valence electrons. The van der Waals surface area contributed by atoms with Crippen LogP contribution in [0.15, 0.2) is 28.7 Å². The second-order valence-corrected chi connectivity index (χ2v) is 7.38. The van der Waals surface area contributed by atoms with Crippen molar-refractivity contribution in [3.8, 4) is 0 Å². The van der Waals surface area contributed by atoms with Gasteiger partial charge in [0.2, 0.25) is 0 Å². The Balaban J connectivity index is 1.55. The first-order chi connectivity index (χ1) is 9.26. The lowest BCUT2D eigenvalue weighted by molar-refractivity contribution is 0.0641. The van der Waals surface area contributed by atoms with Gasteiger partial charge in [-0.1, -0.05) is 47.3 Å². The van der Waals surface area contributed by atoms with Gasteiger partial charge in [0.15, 0.2) is 0 Å². The van der Waals surface area contributed by atoms with E-state index in [-0.39, 0.29) is 0 Å². The van der Waals surface area contributed by atoms with Crippen molar-refractivity contribution in [1.29, 1.82) is 0 Å². The van der Waals surface area contributed by atoms with E-state index in [0.29, 0.717) is 0 Å². The summed E-state index contributed by atoms with van der Waals surface area (Å²) < 4.78 is 1.20. The minimum atomic E-state index is 0.728. The van der Waals surface area contributed by atoms with Crippen LogP contribution in [0.3, 0.4) is 0 Å². The molecule has 3 rings (SSSR count). The molecular weight excluding hydrogens is 298 g/mol. The molecule has 1 nitrogen and oxygen atoms in total. The average molecular weight is 322 g/mol. The number of halogens is 1. The van der Waals surface area contributed by atoms with Crippen LogP contribution in [-0.2, 0) is 6.54 Å². The number of hydrogen-bond acceptors (Lipinski definition) is 1. The maximum Gasteiger partial charge on any atom is 0.0234 e. The number of nitrogens with zero attached hydrogens (tertiary/aromatic N) is 1. The van der Waals surface area contributed by atoms with Crippen LogP contribution in [0, 0.1) is 5.41 Å². The first-order valence-corrected chi connectivity index (χ1v) is 8.52. The SMILES string of the molecule is Brc1cccc(CN2CCC3(CCCCC3)CC2)c1. The molecule has 2 heteroatoms. The van der Waals surface area contributed by atoms with Crippen molar-refractivity contribution in [2.24, 2.45) is 5.41 Å². The van der Waals surface area contributed by atoms with Gasteiger partial charge in [0.25, 0.3) is 0 Å². The highest BCUT2D eigenvalue weighted by atomic mass is 79.9. The van der Waals surface area contributed by atoms with Crippen LogP contribution in [-0.4, -0.2) is 18.0 Å². The summed E-state index contributed by atoms with van der Waals surface area (Å²) in [7, 11) is 0. The molecule has 1 spiro atoms. The summed E-state index contributed by atoms with van der Waals surface area (Å²) in [6, 6.07) is 8.75. The Bertz CT molecular complexity index is 413. The third-order valence-corrected chi connectivity index (χ3v) is 5.62. The normalized spacial score (nSPS) is 23.6. The van der Waals surface area contributed by atoms with Crippen LogP contribution in [0.5, 0.6) is 0 Å². The highest BCUT2D eigenvalue weighted by molar-refractivity contribution is 9.10. The summed E-state index contributed by atoms with van der Waals surface area (Å²) in [5, 5.41) is 0. The zero-order valence-corrected chi connectivity index (χ0v) is 13.3. The van der Waals surface area contributed by atoms with Gasteiger partial charge in [-0.2, -0.15) is 0 Å². The van der Waals surface area contributed by atoms with E-state index in [0.717, 1.165) is 12.0 Å².